The maximum Gasteiger partial charge on any atom is 0.335 e. The molecule has 0 aliphatic carbocycles. The molecule has 0 aliphatic heterocycles. The molecular formula is C30H24FNO4. The monoisotopic (exact) mass is 481 g/mol. The molecule has 180 valence electrons. The Morgan fingerprint density at radius 1 is 0.833 bits per heavy atom. The third kappa shape index (κ3) is 5.50. The van der Waals surface area contributed by atoms with Gasteiger partial charge in [-0.1, -0.05) is 48.5 Å². The first kappa shape index (κ1) is 23.5. The van der Waals surface area contributed by atoms with Crippen LogP contribution in [0.3, 0.4) is 0 Å². The normalized spacial score (nSPS) is 11.1. The van der Waals surface area contributed by atoms with Crippen LogP contribution < -0.4 is 4.74 Å². The second-order valence-electron chi connectivity index (χ2n) is 8.54. The smallest absolute Gasteiger partial charge is 0.335 e. The Morgan fingerprint density at radius 3 is 2.53 bits per heavy atom. The third-order valence-electron chi connectivity index (χ3n) is 6.00. The quantitative estimate of drug-likeness (QED) is 0.241. The van der Waals surface area contributed by atoms with E-state index in [-0.39, 0.29) is 5.56 Å². The highest BCUT2D eigenvalue weighted by molar-refractivity contribution is 5.87. The first-order valence-electron chi connectivity index (χ1n) is 11.6. The molecule has 0 spiro atoms. The summed E-state index contributed by atoms with van der Waals surface area (Å²) in [5.41, 5.74) is 3.18. The number of ether oxygens (including phenoxy) is 2. The van der Waals surface area contributed by atoms with E-state index in [4.69, 9.17) is 14.6 Å². The summed E-state index contributed by atoms with van der Waals surface area (Å²) in [6.07, 6.45) is 0.361. The number of halogens is 1. The minimum atomic E-state index is -1.15. The number of carboxylic acid groups (broad SMARTS) is 1. The second kappa shape index (κ2) is 10.5. The topological polar surface area (TPSA) is 68.7 Å². The molecule has 0 saturated carbocycles. The van der Waals surface area contributed by atoms with E-state index in [9.17, 15) is 9.18 Å². The van der Waals surface area contributed by atoms with Gasteiger partial charge in [0.15, 0.2) is 0 Å². The average molecular weight is 482 g/mol. The number of fused-ring (bicyclic) bond motifs is 2. The molecule has 36 heavy (non-hydrogen) atoms. The Bertz CT molecular complexity index is 1550. The first-order chi connectivity index (χ1) is 17.5. The van der Waals surface area contributed by atoms with Crippen molar-refractivity contribution in [1.29, 1.82) is 0 Å². The van der Waals surface area contributed by atoms with Gasteiger partial charge in [0.25, 0.3) is 0 Å². The highest BCUT2D eigenvalue weighted by Crippen LogP contribution is 2.24. The van der Waals surface area contributed by atoms with Gasteiger partial charge >= 0.3 is 5.97 Å². The van der Waals surface area contributed by atoms with Gasteiger partial charge in [-0.05, 0) is 70.8 Å². The highest BCUT2D eigenvalue weighted by Gasteiger charge is 2.08. The zero-order valence-corrected chi connectivity index (χ0v) is 19.5. The predicted molar refractivity (Wildman–Crippen MR) is 137 cm³/mol. The summed E-state index contributed by atoms with van der Waals surface area (Å²) < 4.78 is 25.8. The van der Waals surface area contributed by atoms with Crippen molar-refractivity contribution < 1.29 is 23.8 Å². The molecule has 4 aromatic carbocycles. The van der Waals surface area contributed by atoms with Crippen molar-refractivity contribution >= 4 is 27.6 Å². The molecule has 5 aromatic rings. The third-order valence-corrected chi connectivity index (χ3v) is 6.00. The maximum absolute atomic E-state index is 14.1. The van der Waals surface area contributed by atoms with E-state index in [1.165, 1.54) is 12.1 Å². The van der Waals surface area contributed by atoms with Gasteiger partial charge in [0.1, 0.15) is 18.2 Å². The van der Waals surface area contributed by atoms with E-state index in [0.29, 0.717) is 31.8 Å². The van der Waals surface area contributed by atoms with Crippen LogP contribution in [0.2, 0.25) is 0 Å². The molecular weight excluding hydrogens is 457 g/mol. The van der Waals surface area contributed by atoms with Crippen LogP contribution in [-0.2, 0) is 24.4 Å². The molecule has 0 amide bonds. The molecule has 5 rings (SSSR count). The number of carboxylic acids is 1. The molecule has 0 fully saturated rings. The van der Waals surface area contributed by atoms with Gasteiger partial charge in [-0.2, -0.15) is 0 Å². The van der Waals surface area contributed by atoms with Crippen LogP contribution >= 0.6 is 0 Å². The van der Waals surface area contributed by atoms with Crippen LogP contribution in [0, 0.1) is 5.82 Å². The van der Waals surface area contributed by atoms with Crippen molar-refractivity contribution in [2.24, 2.45) is 0 Å². The van der Waals surface area contributed by atoms with Crippen LogP contribution in [0.15, 0.2) is 91.0 Å². The number of carbonyl (C=O) groups is 1. The Morgan fingerprint density at radius 2 is 1.67 bits per heavy atom. The molecule has 1 aromatic heterocycles. The van der Waals surface area contributed by atoms with Crippen molar-refractivity contribution in [3.8, 4) is 5.75 Å². The predicted octanol–water partition coefficient (Wildman–Crippen LogP) is 6.56. The number of rotatable bonds is 9. The van der Waals surface area contributed by atoms with Gasteiger partial charge in [-0.15, -0.1) is 0 Å². The summed E-state index contributed by atoms with van der Waals surface area (Å²) in [6.45, 7) is 1.09. The highest BCUT2D eigenvalue weighted by atomic mass is 19.1. The van der Waals surface area contributed by atoms with Crippen molar-refractivity contribution in [2.45, 2.75) is 19.6 Å². The average Bonchev–Trinajstić information content (AvgIpc) is 2.90. The fourth-order valence-corrected chi connectivity index (χ4v) is 4.05. The van der Waals surface area contributed by atoms with Crippen molar-refractivity contribution in [1.82, 2.24) is 4.98 Å². The van der Waals surface area contributed by atoms with E-state index in [0.717, 1.165) is 44.7 Å². The van der Waals surface area contributed by atoms with Crippen molar-refractivity contribution in [2.75, 3.05) is 6.61 Å². The summed E-state index contributed by atoms with van der Waals surface area (Å²) in [5, 5.41) is 12.2. The minimum absolute atomic E-state index is 0.0646. The van der Waals surface area contributed by atoms with E-state index >= 15 is 0 Å². The van der Waals surface area contributed by atoms with E-state index in [1.807, 2.05) is 66.7 Å². The van der Waals surface area contributed by atoms with E-state index in [1.54, 1.807) is 0 Å². The summed E-state index contributed by atoms with van der Waals surface area (Å²) in [6, 6.07) is 28.0. The Kier molecular flexibility index (Phi) is 6.87. The van der Waals surface area contributed by atoms with Gasteiger partial charge in [0.2, 0.25) is 0 Å². The molecule has 1 N–H and O–H groups in total. The standard InChI is InChI=1S/C30H24FNO4/c31-28-17-24(30(33)34)8-7-22(28)13-14-35-18-20-5-6-21-10-12-27(16-25(21)15-20)36-19-26-11-9-23-3-1-2-4-29(23)32-26/h1-12,15-17H,13-14,18-19H2,(H,33,34). The molecule has 0 bridgehead atoms. The Labute approximate surface area is 207 Å². The minimum Gasteiger partial charge on any atom is -0.487 e. The Balaban J connectivity index is 1.18. The first-order valence-corrected chi connectivity index (χ1v) is 11.6. The lowest BCUT2D eigenvalue weighted by Crippen LogP contribution is -2.03. The van der Waals surface area contributed by atoms with Gasteiger partial charge < -0.3 is 14.6 Å². The molecule has 0 radical (unpaired) electrons. The van der Waals surface area contributed by atoms with Crippen molar-refractivity contribution in [3.05, 3.63) is 119 Å². The lowest BCUT2D eigenvalue weighted by Gasteiger charge is -2.10. The zero-order valence-electron chi connectivity index (χ0n) is 19.5. The summed E-state index contributed by atoms with van der Waals surface area (Å²) >= 11 is 0. The van der Waals surface area contributed by atoms with Gasteiger partial charge in [0.05, 0.1) is 30.0 Å². The summed E-state index contributed by atoms with van der Waals surface area (Å²) in [7, 11) is 0. The lowest BCUT2D eigenvalue weighted by molar-refractivity contribution is 0.0696. The van der Waals surface area contributed by atoms with Gasteiger partial charge in [-0.3, -0.25) is 0 Å². The fourth-order valence-electron chi connectivity index (χ4n) is 4.05. The van der Waals surface area contributed by atoms with E-state index < -0.39 is 11.8 Å². The number of hydrogen-bond acceptors (Lipinski definition) is 4. The fraction of sp³-hybridized carbons (Fsp3) is 0.133. The summed E-state index contributed by atoms with van der Waals surface area (Å²) in [5.74, 6) is -0.918. The van der Waals surface area contributed by atoms with Gasteiger partial charge in [0, 0.05) is 5.39 Å². The number of hydrogen-bond donors (Lipinski definition) is 1. The zero-order chi connectivity index (χ0) is 24.9. The lowest BCUT2D eigenvalue weighted by atomic mass is 10.1. The number of pyridine rings is 1. The number of aromatic carboxylic acids is 1. The van der Waals surface area contributed by atoms with Crippen LogP contribution in [0.25, 0.3) is 21.7 Å². The Hall–Kier alpha value is -4.29. The molecule has 0 unspecified atom stereocenters. The molecule has 5 nitrogen and oxygen atoms in total. The maximum atomic E-state index is 14.1. The van der Waals surface area contributed by atoms with Gasteiger partial charge in [-0.25, -0.2) is 14.2 Å². The number of para-hydroxylation sites is 1. The van der Waals surface area contributed by atoms with Crippen molar-refractivity contribution in [3.63, 3.8) is 0 Å². The van der Waals surface area contributed by atoms with E-state index in [2.05, 4.69) is 11.1 Å². The second-order valence-corrected chi connectivity index (χ2v) is 8.54. The number of aromatic nitrogens is 1. The molecule has 1 heterocycles. The van der Waals surface area contributed by atoms with Crippen LogP contribution in [0.4, 0.5) is 4.39 Å². The summed E-state index contributed by atoms with van der Waals surface area (Å²) in [4.78, 5) is 15.6. The SMILES string of the molecule is O=C(O)c1ccc(CCOCc2ccc3ccc(OCc4ccc5ccccc5n4)cc3c2)c(F)c1. The van der Waals surface area contributed by atoms with Crippen LogP contribution in [0.5, 0.6) is 5.75 Å². The largest absolute Gasteiger partial charge is 0.487 e. The number of nitrogens with zero attached hydrogens (tertiary/aromatic N) is 1. The molecule has 6 heteroatoms. The number of benzene rings is 4. The molecule has 0 saturated heterocycles. The van der Waals surface area contributed by atoms with Crippen LogP contribution in [-0.4, -0.2) is 22.7 Å². The molecule has 0 atom stereocenters. The molecule has 0 aliphatic rings. The van der Waals surface area contributed by atoms with Crippen LogP contribution in [0.1, 0.15) is 27.2 Å².